The third-order valence-electron chi connectivity index (χ3n) is 5.56. The van der Waals surface area contributed by atoms with Gasteiger partial charge < -0.3 is 10.5 Å². The van der Waals surface area contributed by atoms with Crippen LogP contribution < -0.4 is 5.73 Å². The van der Waals surface area contributed by atoms with Crippen molar-refractivity contribution in [2.45, 2.75) is 57.4 Å². The lowest BCUT2D eigenvalue weighted by Gasteiger charge is -2.58. The molecule has 0 amide bonds. The summed E-state index contributed by atoms with van der Waals surface area (Å²) in [4.78, 5) is 11.8. The fourth-order valence-corrected chi connectivity index (χ4v) is 5.59. The first-order chi connectivity index (χ1) is 8.42. The van der Waals surface area contributed by atoms with Gasteiger partial charge in [0.1, 0.15) is 5.54 Å². The van der Waals surface area contributed by atoms with Gasteiger partial charge in [-0.25, -0.2) is 0 Å². The average Bonchev–Trinajstić information content (AvgIpc) is 2.24. The van der Waals surface area contributed by atoms with Crippen LogP contribution in [0.3, 0.4) is 0 Å². The van der Waals surface area contributed by atoms with Crippen LogP contribution in [-0.2, 0) is 9.53 Å². The van der Waals surface area contributed by atoms with Crippen molar-refractivity contribution >= 4 is 5.97 Å². The number of hydrogen-bond acceptors (Lipinski definition) is 3. The highest BCUT2D eigenvalue weighted by atomic mass is 16.5. The minimum Gasteiger partial charge on any atom is -0.468 e. The molecule has 4 fully saturated rings. The monoisotopic (exact) mass is 251 g/mol. The zero-order valence-corrected chi connectivity index (χ0v) is 11.6. The predicted molar refractivity (Wildman–Crippen MR) is 69.8 cm³/mol. The summed E-state index contributed by atoms with van der Waals surface area (Å²) in [6.07, 6.45) is 8.99. The summed E-state index contributed by atoms with van der Waals surface area (Å²) < 4.78 is 4.87. The van der Waals surface area contributed by atoms with Crippen LogP contribution >= 0.6 is 0 Å². The molecule has 0 heterocycles. The van der Waals surface area contributed by atoms with Crippen LogP contribution in [0.15, 0.2) is 0 Å². The molecule has 4 rings (SSSR count). The summed E-state index contributed by atoms with van der Waals surface area (Å²) in [7, 11) is 1.44. The third kappa shape index (κ3) is 1.97. The molecule has 1 atom stereocenters. The van der Waals surface area contributed by atoms with Crippen molar-refractivity contribution in [3.8, 4) is 0 Å². The highest BCUT2D eigenvalue weighted by Crippen LogP contribution is 2.62. The number of rotatable bonds is 3. The maximum atomic E-state index is 11.8. The first-order valence-corrected chi connectivity index (χ1v) is 7.30. The quantitative estimate of drug-likeness (QED) is 0.784. The van der Waals surface area contributed by atoms with Gasteiger partial charge in [0.05, 0.1) is 7.11 Å². The highest BCUT2D eigenvalue weighted by molar-refractivity contribution is 5.79. The molecule has 0 spiro atoms. The van der Waals surface area contributed by atoms with Gasteiger partial charge in [0, 0.05) is 0 Å². The summed E-state index contributed by atoms with van der Waals surface area (Å²) in [5, 5.41) is 0. The van der Waals surface area contributed by atoms with Gasteiger partial charge in [-0.2, -0.15) is 0 Å². The van der Waals surface area contributed by atoms with Gasteiger partial charge in [-0.15, -0.1) is 0 Å². The molecule has 102 valence electrons. The van der Waals surface area contributed by atoms with E-state index in [0.29, 0.717) is 5.41 Å². The second-order valence-corrected chi connectivity index (χ2v) is 7.50. The average molecular weight is 251 g/mol. The Balaban J connectivity index is 1.78. The minimum absolute atomic E-state index is 0.252. The van der Waals surface area contributed by atoms with E-state index in [1.165, 1.54) is 45.6 Å². The Morgan fingerprint density at radius 3 is 2.06 bits per heavy atom. The molecule has 0 saturated heterocycles. The molecule has 0 aromatic rings. The summed E-state index contributed by atoms with van der Waals surface area (Å²) >= 11 is 0. The molecule has 2 N–H and O–H groups in total. The maximum Gasteiger partial charge on any atom is 0.325 e. The Hall–Kier alpha value is -0.570. The molecule has 4 aliphatic carbocycles. The van der Waals surface area contributed by atoms with Crippen molar-refractivity contribution in [1.82, 2.24) is 0 Å². The Bertz CT molecular complexity index is 326. The molecule has 18 heavy (non-hydrogen) atoms. The van der Waals surface area contributed by atoms with Crippen LogP contribution in [0, 0.1) is 23.2 Å². The van der Waals surface area contributed by atoms with Crippen molar-refractivity contribution in [1.29, 1.82) is 0 Å². The largest absolute Gasteiger partial charge is 0.468 e. The lowest BCUT2D eigenvalue weighted by Crippen LogP contribution is -2.54. The normalized spacial score (nSPS) is 44.7. The second-order valence-electron chi connectivity index (χ2n) is 7.50. The van der Waals surface area contributed by atoms with Crippen molar-refractivity contribution in [3.63, 3.8) is 0 Å². The van der Waals surface area contributed by atoms with E-state index in [9.17, 15) is 4.79 Å². The van der Waals surface area contributed by atoms with Crippen molar-refractivity contribution in [2.24, 2.45) is 28.9 Å². The standard InChI is InChI=1S/C15H25NO2/c1-14(16,13(17)18-2)9-15-6-10-3-11(7-15)5-12(4-10)8-15/h10-12H,3-9,16H2,1-2H3. The molecule has 0 aliphatic heterocycles. The molecular formula is C15H25NO2. The topological polar surface area (TPSA) is 52.3 Å². The zero-order valence-electron chi connectivity index (χ0n) is 11.6. The highest BCUT2D eigenvalue weighted by Gasteiger charge is 2.53. The van der Waals surface area contributed by atoms with E-state index in [4.69, 9.17) is 10.5 Å². The van der Waals surface area contributed by atoms with Gasteiger partial charge in [0.25, 0.3) is 0 Å². The SMILES string of the molecule is COC(=O)C(C)(N)CC12CC3CC(CC(C3)C1)C2. The van der Waals surface area contributed by atoms with Gasteiger partial charge in [0.15, 0.2) is 0 Å². The van der Waals surface area contributed by atoms with Crippen molar-refractivity contribution in [2.75, 3.05) is 7.11 Å². The molecule has 3 heteroatoms. The number of esters is 1. The number of nitrogens with two attached hydrogens (primary N) is 1. The van der Waals surface area contributed by atoms with E-state index in [0.717, 1.165) is 24.2 Å². The van der Waals surface area contributed by atoms with E-state index < -0.39 is 5.54 Å². The smallest absolute Gasteiger partial charge is 0.325 e. The van der Waals surface area contributed by atoms with Gasteiger partial charge in [-0.3, -0.25) is 4.79 Å². The molecule has 1 unspecified atom stereocenters. The number of carbonyl (C=O) groups excluding carboxylic acids is 1. The number of ether oxygens (including phenoxy) is 1. The lowest BCUT2D eigenvalue weighted by atomic mass is 9.47. The van der Waals surface area contributed by atoms with Gasteiger partial charge in [-0.1, -0.05) is 0 Å². The first kappa shape index (κ1) is 12.5. The Morgan fingerprint density at radius 1 is 1.22 bits per heavy atom. The van der Waals surface area contributed by atoms with Crippen LogP contribution in [0.1, 0.15) is 51.9 Å². The van der Waals surface area contributed by atoms with Crippen molar-refractivity contribution in [3.05, 3.63) is 0 Å². The summed E-state index contributed by atoms with van der Waals surface area (Å²) in [5.41, 5.74) is 5.75. The minimum atomic E-state index is -0.805. The van der Waals surface area contributed by atoms with Crippen LogP contribution in [-0.4, -0.2) is 18.6 Å². The van der Waals surface area contributed by atoms with E-state index in [-0.39, 0.29) is 5.97 Å². The van der Waals surface area contributed by atoms with Crippen molar-refractivity contribution < 1.29 is 9.53 Å². The first-order valence-electron chi connectivity index (χ1n) is 7.30. The molecule has 4 aliphatic rings. The zero-order chi connectivity index (χ0) is 13.0. The lowest BCUT2D eigenvalue weighted by molar-refractivity contribution is -0.150. The second kappa shape index (κ2) is 3.96. The summed E-state index contributed by atoms with van der Waals surface area (Å²) in [5.74, 6) is 2.47. The summed E-state index contributed by atoms with van der Waals surface area (Å²) in [6, 6.07) is 0. The molecule has 0 aromatic heterocycles. The van der Waals surface area contributed by atoms with Crippen LogP contribution in [0.25, 0.3) is 0 Å². The maximum absolute atomic E-state index is 11.8. The van der Waals surface area contributed by atoms with E-state index in [1.54, 1.807) is 0 Å². The van der Waals surface area contributed by atoms with E-state index in [1.807, 2.05) is 6.92 Å². The molecule has 4 bridgehead atoms. The van der Waals surface area contributed by atoms with Gasteiger partial charge in [-0.05, 0) is 75.0 Å². The molecular weight excluding hydrogens is 226 g/mol. The number of hydrogen-bond donors (Lipinski definition) is 1. The van der Waals surface area contributed by atoms with Gasteiger partial charge in [0.2, 0.25) is 0 Å². The third-order valence-corrected chi connectivity index (χ3v) is 5.56. The molecule has 3 nitrogen and oxygen atoms in total. The van der Waals surface area contributed by atoms with Crippen LogP contribution in [0.2, 0.25) is 0 Å². The molecule has 4 saturated carbocycles. The van der Waals surface area contributed by atoms with E-state index in [2.05, 4.69) is 0 Å². The van der Waals surface area contributed by atoms with Crippen LogP contribution in [0.5, 0.6) is 0 Å². The fraction of sp³-hybridized carbons (Fsp3) is 0.933. The Morgan fingerprint density at radius 2 is 1.67 bits per heavy atom. The predicted octanol–water partition coefficient (Wildman–Crippen LogP) is 2.48. The number of methoxy groups -OCH3 is 1. The van der Waals surface area contributed by atoms with Gasteiger partial charge >= 0.3 is 5.97 Å². The fourth-order valence-electron chi connectivity index (χ4n) is 5.59. The summed E-state index contributed by atoms with van der Waals surface area (Å²) in [6.45, 7) is 1.84. The molecule has 0 radical (unpaired) electrons. The Labute approximate surface area is 109 Å². The molecule has 0 aromatic carbocycles. The number of carbonyl (C=O) groups is 1. The van der Waals surface area contributed by atoms with Crippen LogP contribution in [0.4, 0.5) is 0 Å². The Kier molecular flexibility index (Phi) is 2.74. The van der Waals surface area contributed by atoms with E-state index >= 15 is 0 Å².